The number of rotatable bonds is 2. The largest absolute Gasteiger partial charge is 0.464 e. The number of carbonyl (C=O) groups excluding carboxylic acids is 1. The number of imidazole rings is 1. The van der Waals surface area contributed by atoms with Gasteiger partial charge in [0.15, 0.2) is 5.69 Å². The van der Waals surface area contributed by atoms with E-state index in [2.05, 4.69) is 9.72 Å². The van der Waals surface area contributed by atoms with Crippen molar-refractivity contribution in [2.45, 2.75) is 6.92 Å². The van der Waals surface area contributed by atoms with Crippen molar-refractivity contribution in [3.05, 3.63) is 40.8 Å². The van der Waals surface area contributed by atoms with Gasteiger partial charge in [-0.1, -0.05) is 23.7 Å². The molecule has 0 bridgehead atoms. The third-order valence-corrected chi connectivity index (χ3v) is 2.92. The highest BCUT2D eigenvalue weighted by atomic mass is 35.5. The molecule has 2 rings (SSSR count). The fourth-order valence-corrected chi connectivity index (χ4v) is 2.03. The quantitative estimate of drug-likeness (QED) is 0.845. The maximum Gasteiger partial charge on any atom is 0.360 e. The molecule has 6 heteroatoms. The Kier molecular flexibility index (Phi) is 3.25. The lowest BCUT2D eigenvalue weighted by atomic mass is 10.2. The van der Waals surface area contributed by atoms with Crippen LogP contribution in [0, 0.1) is 6.92 Å². The van der Waals surface area contributed by atoms with Crippen LogP contribution in [0.15, 0.2) is 24.5 Å². The smallest absolute Gasteiger partial charge is 0.360 e. The van der Waals surface area contributed by atoms with E-state index in [4.69, 9.17) is 17.3 Å². The number of carbonyl (C=O) groups is 1. The number of hydrogen-bond acceptors (Lipinski definition) is 4. The number of ether oxygens (including phenoxy) is 1. The number of hydrogen-bond donors (Lipinski definition) is 1. The van der Waals surface area contributed by atoms with Gasteiger partial charge >= 0.3 is 5.97 Å². The molecule has 94 valence electrons. The fraction of sp³-hybridized carbons (Fsp3) is 0.167. The van der Waals surface area contributed by atoms with Crippen molar-refractivity contribution >= 4 is 23.4 Å². The van der Waals surface area contributed by atoms with Gasteiger partial charge in [-0.15, -0.1) is 0 Å². The highest BCUT2D eigenvalue weighted by Gasteiger charge is 2.18. The first-order valence-corrected chi connectivity index (χ1v) is 5.60. The lowest BCUT2D eigenvalue weighted by molar-refractivity contribution is 0.0596. The number of nitrogens with two attached hydrogens (primary N) is 1. The molecular formula is C12H12ClN3O2. The molecule has 0 aliphatic carbocycles. The predicted octanol–water partition coefficient (Wildman–Crippen LogP) is 2.20. The first-order chi connectivity index (χ1) is 8.56. The van der Waals surface area contributed by atoms with Crippen LogP contribution >= 0.6 is 11.6 Å². The van der Waals surface area contributed by atoms with E-state index in [1.54, 1.807) is 10.6 Å². The van der Waals surface area contributed by atoms with E-state index in [0.29, 0.717) is 10.7 Å². The van der Waals surface area contributed by atoms with E-state index in [9.17, 15) is 4.79 Å². The first kappa shape index (κ1) is 12.4. The van der Waals surface area contributed by atoms with Crippen molar-refractivity contribution in [3.8, 4) is 5.69 Å². The molecule has 0 aliphatic rings. The molecule has 1 heterocycles. The molecule has 0 aliphatic heterocycles. The van der Waals surface area contributed by atoms with Gasteiger partial charge in [-0.3, -0.25) is 4.57 Å². The molecule has 0 unspecified atom stereocenters. The minimum Gasteiger partial charge on any atom is -0.464 e. The number of nitrogen functional groups attached to an aromatic ring is 1. The second kappa shape index (κ2) is 4.70. The van der Waals surface area contributed by atoms with E-state index in [1.807, 2.05) is 19.1 Å². The Balaban J connectivity index is 2.60. The van der Waals surface area contributed by atoms with E-state index >= 15 is 0 Å². The molecule has 1 aromatic carbocycles. The van der Waals surface area contributed by atoms with E-state index in [0.717, 1.165) is 5.56 Å². The summed E-state index contributed by atoms with van der Waals surface area (Å²) in [6, 6.07) is 5.50. The number of aromatic nitrogens is 2. The highest BCUT2D eigenvalue weighted by molar-refractivity contribution is 6.32. The fourth-order valence-electron chi connectivity index (χ4n) is 1.72. The number of esters is 1. The molecule has 0 radical (unpaired) electrons. The Morgan fingerprint density at radius 3 is 2.83 bits per heavy atom. The molecule has 0 fully saturated rings. The standard InChI is InChI=1S/C12H12ClN3O2/c1-7-4-3-5-8(13)10(7)16-6-15-9(11(16)14)12(17)18-2/h3-6H,14H2,1-2H3. The minimum absolute atomic E-state index is 0.0804. The maximum atomic E-state index is 11.4. The minimum atomic E-state index is -0.573. The summed E-state index contributed by atoms with van der Waals surface area (Å²) < 4.78 is 6.17. The highest BCUT2D eigenvalue weighted by Crippen LogP contribution is 2.27. The number of anilines is 1. The van der Waals surface area contributed by atoms with Crippen molar-refractivity contribution in [2.75, 3.05) is 12.8 Å². The molecule has 0 atom stereocenters. The molecule has 0 amide bonds. The maximum absolute atomic E-state index is 11.4. The average molecular weight is 266 g/mol. The SMILES string of the molecule is COC(=O)c1ncn(-c2c(C)cccc2Cl)c1N. The van der Waals surface area contributed by atoms with Crippen molar-refractivity contribution in [2.24, 2.45) is 0 Å². The van der Waals surface area contributed by atoms with Gasteiger partial charge in [-0.25, -0.2) is 9.78 Å². The molecule has 1 aromatic heterocycles. The molecule has 18 heavy (non-hydrogen) atoms. The van der Waals surface area contributed by atoms with Crippen LogP contribution < -0.4 is 5.73 Å². The van der Waals surface area contributed by atoms with Crippen molar-refractivity contribution < 1.29 is 9.53 Å². The summed E-state index contributed by atoms with van der Waals surface area (Å²) in [4.78, 5) is 15.4. The third kappa shape index (κ3) is 1.93. The molecular weight excluding hydrogens is 254 g/mol. The second-order valence-electron chi connectivity index (χ2n) is 3.75. The Bertz CT molecular complexity index is 587. The topological polar surface area (TPSA) is 70.1 Å². The van der Waals surface area contributed by atoms with Gasteiger partial charge in [0.1, 0.15) is 12.1 Å². The van der Waals surface area contributed by atoms with Gasteiger partial charge in [0.25, 0.3) is 0 Å². The molecule has 0 saturated heterocycles. The molecule has 0 saturated carbocycles. The number of aryl methyl sites for hydroxylation is 1. The van der Waals surface area contributed by atoms with Gasteiger partial charge in [-0.2, -0.15) is 0 Å². The van der Waals surface area contributed by atoms with Gasteiger partial charge in [0, 0.05) is 0 Å². The van der Waals surface area contributed by atoms with Crippen LogP contribution in [0.2, 0.25) is 5.02 Å². The normalized spacial score (nSPS) is 10.4. The number of para-hydroxylation sites is 1. The second-order valence-corrected chi connectivity index (χ2v) is 4.15. The van der Waals surface area contributed by atoms with Gasteiger partial charge in [-0.05, 0) is 18.6 Å². The van der Waals surface area contributed by atoms with E-state index in [-0.39, 0.29) is 11.5 Å². The Labute approximate surface area is 109 Å². The number of methoxy groups -OCH3 is 1. The zero-order chi connectivity index (χ0) is 13.3. The van der Waals surface area contributed by atoms with Gasteiger partial charge in [0.05, 0.1) is 17.8 Å². The van der Waals surface area contributed by atoms with Crippen LogP contribution in [-0.4, -0.2) is 22.6 Å². The Hall–Kier alpha value is -2.01. The summed E-state index contributed by atoms with van der Waals surface area (Å²) in [6.45, 7) is 1.90. The molecule has 2 aromatic rings. The number of nitrogens with zero attached hydrogens (tertiary/aromatic N) is 2. The summed E-state index contributed by atoms with van der Waals surface area (Å²) in [5.41, 5.74) is 7.61. The summed E-state index contributed by atoms with van der Waals surface area (Å²) in [7, 11) is 1.28. The summed E-state index contributed by atoms with van der Waals surface area (Å²) in [5, 5.41) is 0.538. The Morgan fingerprint density at radius 2 is 2.22 bits per heavy atom. The third-order valence-electron chi connectivity index (χ3n) is 2.61. The van der Waals surface area contributed by atoms with Crippen molar-refractivity contribution in [3.63, 3.8) is 0 Å². The summed E-state index contributed by atoms with van der Waals surface area (Å²) in [6.07, 6.45) is 1.45. The van der Waals surface area contributed by atoms with Crippen LogP contribution in [-0.2, 0) is 4.74 Å². The van der Waals surface area contributed by atoms with Gasteiger partial charge in [0.2, 0.25) is 0 Å². The van der Waals surface area contributed by atoms with Crippen LogP contribution in [0.3, 0.4) is 0 Å². The van der Waals surface area contributed by atoms with E-state index < -0.39 is 5.97 Å². The lowest BCUT2D eigenvalue weighted by Gasteiger charge is -2.10. The zero-order valence-corrected chi connectivity index (χ0v) is 10.7. The van der Waals surface area contributed by atoms with Crippen LogP contribution in [0.25, 0.3) is 5.69 Å². The monoisotopic (exact) mass is 265 g/mol. The summed E-state index contributed by atoms with van der Waals surface area (Å²) in [5.74, 6) is -0.367. The summed E-state index contributed by atoms with van der Waals surface area (Å²) >= 11 is 6.14. The van der Waals surface area contributed by atoms with E-state index in [1.165, 1.54) is 13.4 Å². The number of halogens is 1. The van der Waals surface area contributed by atoms with Crippen LogP contribution in [0.1, 0.15) is 16.1 Å². The van der Waals surface area contributed by atoms with Crippen molar-refractivity contribution in [1.29, 1.82) is 0 Å². The average Bonchev–Trinajstić information content (AvgIpc) is 2.71. The predicted molar refractivity (Wildman–Crippen MR) is 69.1 cm³/mol. The zero-order valence-electron chi connectivity index (χ0n) is 9.98. The molecule has 5 nitrogen and oxygen atoms in total. The molecule has 0 spiro atoms. The number of benzene rings is 1. The molecule has 2 N–H and O–H groups in total. The van der Waals surface area contributed by atoms with Crippen molar-refractivity contribution in [1.82, 2.24) is 9.55 Å². The van der Waals surface area contributed by atoms with Crippen LogP contribution in [0.5, 0.6) is 0 Å². The van der Waals surface area contributed by atoms with Crippen LogP contribution in [0.4, 0.5) is 5.82 Å². The Morgan fingerprint density at radius 1 is 1.50 bits per heavy atom. The first-order valence-electron chi connectivity index (χ1n) is 5.23. The van der Waals surface area contributed by atoms with Gasteiger partial charge < -0.3 is 10.5 Å². The lowest BCUT2D eigenvalue weighted by Crippen LogP contribution is -2.08.